The van der Waals surface area contributed by atoms with Gasteiger partial charge in [-0.25, -0.2) is 0 Å². The molecular formula is C11H23BrN2. The van der Waals surface area contributed by atoms with E-state index in [4.69, 9.17) is 0 Å². The SMILES string of the molecule is CC(CBr)CN(C)C1CCCN(C)C1. The number of hydrogen-bond donors (Lipinski definition) is 0. The highest BCUT2D eigenvalue weighted by Crippen LogP contribution is 2.15. The molecule has 0 radical (unpaired) electrons. The molecule has 2 unspecified atom stereocenters. The molecule has 1 heterocycles. The van der Waals surface area contributed by atoms with E-state index in [9.17, 15) is 0 Å². The zero-order valence-electron chi connectivity index (χ0n) is 9.67. The summed E-state index contributed by atoms with van der Waals surface area (Å²) in [7, 11) is 4.50. The molecule has 0 amide bonds. The number of rotatable bonds is 4. The zero-order chi connectivity index (χ0) is 10.6. The Morgan fingerprint density at radius 1 is 1.57 bits per heavy atom. The van der Waals surface area contributed by atoms with E-state index >= 15 is 0 Å². The highest BCUT2D eigenvalue weighted by Gasteiger charge is 2.21. The van der Waals surface area contributed by atoms with Crippen LogP contribution in [-0.4, -0.2) is 54.9 Å². The number of likely N-dealkylation sites (tertiary alicyclic amines) is 1. The maximum Gasteiger partial charge on any atom is 0.0220 e. The van der Waals surface area contributed by atoms with Gasteiger partial charge >= 0.3 is 0 Å². The van der Waals surface area contributed by atoms with E-state index in [1.54, 1.807) is 0 Å². The Bertz CT molecular complexity index is 163. The van der Waals surface area contributed by atoms with Crippen LogP contribution < -0.4 is 0 Å². The van der Waals surface area contributed by atoms with Gasteiger partial charge in [-0.05, 0) is 39.4 Å². The molecule has 2 atom stereocenters. The third-order valence-electron chi connectivity index (χ3n) is 3.09. The molecule has 14 heavy (non-hydrogen) atoms. The highest BCUT2D eigenvalue weighted by atomic mass is 79.9. The normalized spacial score (nSPS) is 26.8. The van der Waals surface area contributed by atoms with Crippen molar-refractivity contribution in [1.29, 1.82) is 0 Å². The van der Waals surface area contributed by atoms with Crippen LogP contribution in [0.1, 0.15) is 19.8 Å². The van der Waals surface area contributed by atoms with Crippen molar-refractivity contribution in [2.24, 2.45) is 5.92 Å². The smallest absolute Gasteiger partial charge is 0.0220 e. The highest BCUT2D eigenvalue weighted by molar-refractivity contribution is 9.09. The van der Waals surface area contributed by atoms with E-state index in [1.807, 2.05) is 0 Å². The first-order valence-corrected chi connectivity index (χ1v) is 6.70. The molecule has 0 aromatic carbocycles. The average Bonchev–Trinajstić information content (AvgIpc) is 2.17. The summed E-state index contributed by atoms with van der Waals surface area (Å²) in [4.78, 5) is 4.98. The molecule has 0 aromatic rings. The Morgan fingerprint density at radius 2 is 2.29 bits per heavy atom. The van der Waals surface area contributed by atoms with E-state index in [-0.39, 0.29) is 0 Å². The molecule has 1 fully saturated rings. The number of hydrogen-bond acceptors (Lipinski definition) is 2. The number of alkyl halides is 1. The molecule has 1 rings (SSSR count). The summed E-state index contributed by atoms with van der Waals surface area (Å²) in [5.41, 5.74) is 0. The zero-order valence-corrected chi connectivity index (χ0v) is 11.3. The van der Waals surface area contributed by atoms with Crippen LogP contribution in [0, 0.1) is 5.92 Å². The van der Waals surface area contributed by atoms with Gasteiger partial charge in [-0.15, -0.1) is 0 Å². The Hall–Kier alpha value is 0.400. The van der Waals surface area contributed by atoms with Crippen molar-refractivity contribution in [2.75, 3.05) is 39.1 Å². The lowest BCUT2D eigenvalue weighted by Gasteiger charge is -2.36. The molecule has 0 N–H and O–H groups in total. The lowest BCUT2D eigenvalue weighted by molar-refractivity contribution is 0.125. The summed E-state index contributed by atoms with van der Waals surface area (Å²) in [5.74, 6) is 0.757. The van der Waals surface area contributed by atoms with Crippen LogP contribution in [0.25, 0.3) is 0 Å². The predicted molar refractivity (Wildman–Crippen MR) is 66.1 cm³/mol. The molecular weight excluding hydrogens is 240 g/mol. The molecule has 84 valence electrons. The van der Waals surface area contributed by atoms with Crippen molar-refractivity contribution in [1.82, 2.24) is 9.80 Å². The van der Waals surface area contributed by atoms with Gasteiger partial charge in [0, 0.05) is 24.5 Å². The van der Waals surface area contributed by atoms with Crippen LogP contribution in [0.3, 0.4) is 0 Å². The Labute approximate surface area is 96.8 Å². The molecule has 3 heteroatoms. The predicted octanol–water partition coefficient (Wildman–Crippen LogP) is 2.04. The number of nitrogens with zero attached hydrogens (tertiary/aromatic N) is 2. The van der Waals surface area contributed by atoms with Crippen molar-refractivity contribution in [3.63, 3.8) is 0 Å². The van der Waals surface area contributed by atoms with Gasteiger partial charge in [-0.3, -0.25) is 0 Å². The Balaban J connectivity index is 2.31. The summed E-state index contributed by atoms with van der Waals surface area (Å²) >= 11 is 3.54. The number of halogens is 1. The number of likely N-dealkylation sites (N-methyl/N-ethyl adjacent to an activating group) is 2. The summed E-state index contributed by atoms with van der Waals surface area (Å²) in [6.45, 7) is 6.03. The second kappa shape index (κ2) is 6.09. The van der Waals surface area contributed by atoms with Crippen LogP contribution >= 0.6 is 15.9 Å². The van der Waals surface area contributed by atoms with Gasteiger partial charge < -0.3 is 9.80 Å². The van der Waals surface area contributed by atoms with Gasteiger partial charge in [-0.2, -0.15) is 0 Å². The molecule has 0 bridgehead atoms. The molecule has 1 aliphatic heterocycles. The van der Waals surface area contributed by atoms with Crippen molar-refractivity contribution < 1.29 is 0 Å². The van der Waals surface area contributed by atoms with Crippen molar-refractivity contribution in [2.45, 2.75) is 25.8 Å². The Morgan fingerprint density at radius 3 is 2.86 bits per heavy atom. The topological polar surface area (TPSA) is 6.48 Å². The fourth-order valence-electron chi connectivity index (χ4n) is 2.19. The third kappa shape index (κ3) is 3.87. The van der Waals surface area contributed by atoms with Gasteiger partial charge in [0.05, 0.1) is 0 Å². The quantitative estimate of drug-likeness (QED) is 0.716. The van der Waals surface area contributed by atoms with E-state index in [0.717, 1.165) is 17.3 Å². The van der Waals surface area contributed by atoms with Crippen LogP contribution in [0.5, 0.6) is 0 Å². The first kappa shape index (κ1) is 12.5. The molecule has 1 saturated heterocycles. The van der Waals surface area contributed by atoms with Gasteiger partial charge in [0.15, 0.2) is 0 Å². The third-order valence-corrected chi connectivity index (χ3v) is 4.19. The molecule has 0 saturated carbocycles. The first-order chi connectivity index (χ1) is 6.63. The maximum atomic E-state index is 3.54. The molecule has 1 aliphatic rings. The minimum Gasteiger partial charge on any atom is -0.305 e. The van der Waals surface area contributed by atoms with Gasteiger partial charge in [0.2, 0.25) is 0 Å². The van der Waals surface area contributed by atoms with Crippen LogP contribution in [-0.2, 0) is 0 Å². The fourth-order valence-corrected chi connectivity index (χ4v) is 2.39. The summed E-state index contributed by atoms with van der Waals surface area (Å²) in [6, 6.07) is 0.773. The van der Waals surface area contributed by atoms with Crippen LogP contribution in [0.2, 0.25) is 0 Å². The van der Waals surface area contributed by atoms with E-state index in [1.165, 1.54) is 32.5 Å². The van der Waals surface area contributed by atoms with Crippen LogP contribution in [0.15, 0.2) is 0 Å². The van der Waals surface area contributed by atoms with Crippen molar-refractivity contribution >= 4 is 15.9 Å². The second-order valence-electron chi connectivity index (χ2n) is 4.76. The van der Waals surface area contributed by atoms with Crippen molar-refractivity contribution in [3.05, 3.63) is 0 Å². The van der Waals surface area contributed by atoms with Gasteiger partial charge in [-0.1, -0.05) is 22.9 Å². The lowest BCUT2D eigenvalue weighted by Crippen LogP contribution is -2.46. The second-order valence-corrected chi connectivity index (χ2v) is 5.40. The van der Waals surface area contributed by atoms with E-state index in [0.29, 0.717) is 0 Å². The lowest BCUT2D eigenvalue weighted by atomic mass is 10.0. The minimum absolute atomic E-state index is 0.757. The standard InChI is InChI=1S/C11H23BrN2/c1-10(7-12)8-14(3)11-5-4-6-13(2)9-11/h10-11H,4-9H2,1-3H3. The Kier molecular flexibility index (Phi) is 5.42. The molecule has 0 aromatic heterocycles. The summed E-state index contributed by atoms with van der Waals surface area (Å²) in [5, 5.41) is 1.11. The van der Waals surface area contributed by atoms with Gasteiger partial charge in [0.25, 0.3) is 0 Å². The van der Waals surface area contributed by atoms with E-state index < -0.39 is 0 Å². The molecule has 0 spiro atoms. The summed E-state index contributed by atoms with van der Waals surface area (Å²) in [6.07, 6.45) is 2.73. The fraction of sp³-hybridized carbons (Fsp3) is 1.00. The number of piperidine rings is 1. The van der Waals surface area contributed by atoms with Crippen molar-refractivity contribution in [3.8, 4) is 0 Å². The van der Waals surface area contributed by atoms with Gasteiger partial charge in [0.1, 0.15) is 0 Å². The summed E-state index contributed by atoms with van der Waals surface area (Å²) < 4.78 is 0. The van der Waals surface area contributed by atoms with Crippen LogP contribution in [0.4, 0.5) is 0 Å². The van der Waals surface area contributed by atoms with E-state index in [2.05, 4.69) is 46.7 Å². The largest absolute Gasteiger partial charge is 0.305 e. The monoisotopic (exact) mass is 262 g/mol. The maximum absolute atomic E-state index is 3.54. The minimum atomic E-state index is 0.757. The average molecular weight is 263 g/mol. The first-order valence-electron chi connectivity index (χ1n) is 5.58. The molecule has 0 aliphatic carbocycles. The molecule has 2 nitrogen and oxygen atoms in total.